The normalized spacial score (nSPS) is 18.2. The zero-order valence-corrected chi connectivity index (χ0v) is 16.3. The van der Waals surface area contributed by atoms with E-state index < -0.39 is 0 Å². The molecule has 1 saturated heterocycles. The molecule has 0 atom stereocenters. The summed E-state index contributed by atoms with van der Waals surface area (Å²) in [5.41, 5.74) is 1.53. The molecule has 0 bridgehead atoms. The van der Waals surface area contributed by atoms with Gasteiger partial charge in [0, 0.05) is 4.88 Å². The SMILES string of the molecule is Clc1ccc(C[NH+]2CCN(c3ncnc4sc5c(c34)CCC5)CC2)s1. The highest BCUT2D eigenvalue weighted by atomic mass is 35.5. The Bertz CT molecular complexity index is 911. The van der Waals surface area contributed by atoms with Crippen LogP contribution in [0.3, 0.4) is 0 Å². The van der Waals surface area contributed by atoms with Gasteiger partial charge in [0.15, 0.2) is 0 Å². The molecule has 4 nitrogen and oxygen atoms in total. The van der Waals surface area contributed by atoms with Gasteiger partial charge < -0.3 is 9.80 Å². The van der Waals surface area contributed by atoms with E-state index in [0.29, 0.717) is 0 Å². The molecule has 7 heteroatoms. The van der Waals surface area contributed by atoms with Crippen LogP contribution in [0.25, 0.3) is 10.2 Å². The molecular formula is C18H20ClN4S2+. The van der Waals surface area contributed by atoms with E-state index in [1.807, 2.05) is 17.4 Å². The van der Waals surface area contributed by atoms with Crippen molar-refractivity contribution < 1.29 is 4.90 Å². The third-order valence-corrected chi connectivity index (χ3v) is 7.74. The van der Waals surface area contributed by atoms with Crippen LogP contribution in [0.15, 0.2) is 18.5 Å². The number of nitrogens with zero attached hydrogens (tertiary/aromatic N) is 3. The smallest absolute Gasteiger partial charge is 0.141 e. The fraction of sp³-hybridized carbons (Fsp3) is 0.444. The van der Waals surface area contributed by atoms with Gasteiger partial charge in [-0.25, -0.2) is 9.97 Å². The standard InChI is InChI=1S/C18H19ClN4S2/c19-15-5-4-12(24-15)10-22-6-8-23(9-7-22)17-16-13-2-1-3-14(13)25-18(16)21-11-20-17/h4-5,11H,1-3,6-10H2/p+1. The summed E-state index contributed by atoms with van der Waals surface area (Å²) in [5, 5.41) is 1.34. The van der Waals surface area contributed by atoms with Crippen molar-refractivity contribution in [2.24, 2.45) is 0 Å². The summed E-state index contributed by atoms with van der Waals surface area (Å²) in [5.74, 6) is 1.17. The Balaban J connectivity index is 1.35. The highest BCUT2D eigenvalue weighted by Gasteiger charge is 2.27. The molecule has 5 rings (SSSR count). The summed E-state index contributed by atoms with van der Waals surface area (Å²) in [6.45, 7) is 5.50. The maximum Gasteiger partial charge on any atom is 0.141 e. The second-order valence-corrected chi connectivity index (χ2v) is 9.74. The molecule has 3 aromatic rings. The van der Waals surface area contributed by atoms with Crippen molar-refractivity contribution in [1.29, 1.82) is 0 Å². The molecule has 3 aromatic heterocycles. The molecule has 1 fully saturated rings. The zero-order chi connectivity index (χ0) is 16.8. The topological polar surface area (TPSA) is 33.5 Å². The molecule has 0 unspecified atom stereocenters. The summed E-state index contributed by atoms with van der Waals surface area (Å²) in [6.07, 6.45) is 5.44. The first-order valence-corrected chi connectivity index (χ1v) is 10.9. The minimum atomic E-state index is 0.891. The molecule has 130 valence electrons. The van der Waals surface area contributed by atoms with E-state index in [1.165, 1.54) is 50.6 Å². The molecule has 4 heterocycles. The predicted molar refractivity (Wildman–Crippen MR) is 105 cm³/mol. The molecule has 1 aliphatic carbocycles. The van der Waals surface area contributed by atoms with Crippen molar-refractivity contribution in [2.75, 3.05) is 31.1 Å². The van der Waals surface area contributed by atoms with E-state index in [9.17, 15) is 0 Å². The molecule has 0 amide bonds. The lowest BCUT2D eigenvalue weighted by molar-refractivity contribution is -0.914. The number of aryl methyl sites for hydroxylation is 2. The molecule has 0 aromatic carbocycles. The first kappa shape index (κ1) is 16.0. The van der Waals surface area contributed by atoms with Crippen LogP contribution in [0, 0.1) is 0 Å². The van der Waals surface area contributed by atoms with Crippen LogP contribution in [0.4, 0.5) is 5.82 Å². The first-order valence-electron chi connectivity index (χ1n) is 8.86. The number of quaternary nitrogens is 1. The number of rotatable bonds is 3. The van der Waals surface area contributed by atoms with Crippen LogP contribution in [-0.2, 0) is 19.4 Å². The number of piperazine rings is 1. The van der Waals surface area contributed by atoms with Crippen LogP contribution >= 0.6 is 34.3 Å². The Morgan fingerprint density at radius 3 is 2.80 bits per heavy atom. The summed E-state index contributed by atoms with van der Waals surface area (Å²) in [4.78, 5) is 17.4. The maximum absolute atomic E-state index is 6.06. The van der Waals surface area contributed by atoms with E-state index in [2.05, 4.69) is 20.9 Å². The molecular weight excluding hydrogens is 372 g/mol. The predicted octanol–water partition coefficient (Wildman–Crippen LogP) is 2.80. The molecule has 0 spiro atoms. The average molecular weight is 392 g/mol. The lowest BCUT2D eigenvalue weighted by Crippen LogP contribution is -3.13. The Hall–Kier alpha value is -1.21. The third kappa shape index (κ3) is 2.95. The lowest BCUT2D eigenvalue weighted by atomic mass is 10.1. The van der Waals surface area contributed by atoms with Crippen LogP contribution in [0.1, 0.15) is 21.7 Å². The van der Waals surface area contributed by atoms with Crippen LogP contribution in [0.2, 0.25) is 4.34 Å². The van der Waals surface area contributed by atoms with E-state index in [1.54, 1.807) is 22.6 Å². The number of hydrogen-bond donors (Lipinski definition) is 1. The highest BCUT2D eigenvalue weighted by Crippen LogP contribution is 2.40. The van der Waals surface area contributed by atoms with Crippen molar-refractivity contribution in [2.45, 2.75) is 25.8 Å². The second-order valence-electron chi connectivity index (χ2n) is 6.85. The number of nitrogens with one attached hydrogen (secondary N) is 1. The van der Waals surface area contributed by atoms with E-state index >= 15 is 0 Å². The van der Waals surface area contributed by atoms with E-state index in [4.69, 9.17) is 11.6 Å². The van der Waals surface area contributed by atoms with E-state index in [-0.39, 0.29) is 0 Å². The Labute approximate surface area is 160 Å². The minimum absolute atomic E-state index is 0.891. The van der Waals surface area contributed by atoms with Gasteiger partial charge in [0.2, 0.25) is 0 Å². The molecule has 1 N–H and O–H groups in total. The lowest BCUT2D eigenvalue weighted by Gasteiger charge is -2.33. The first-order chi connectivity index (χ1) is 12.3. The van der Waals surface area contributed by atoms with Crippen LogP contribution in [0.5, 0.6) is 0 Å². The Morgan fingerprint density at radius 2 is 2.00 bits per heavy atom. The molecule has 2 aliphatic rings. The minimum Gasteiger partial charge on any atom is -0.345 e. The van der Waals surface area contributed by atoms with Crippen molar-refractivity contribution >= 4 is 50.3 Å². The third-order valence-electron chi connectivity index (χ3n) is 5.30. The number of hydrogen-bond acceptors (Lipinski definition) is 5. The number of thiophene rings is 2. The quantitative estimate of drug-likeness (QED) is 0.745. The summed E-state index contributed by atoms with van der Waals surface area (Å²) in [7, 11) is 0. The Morgan fingerprint density at radius 1 is 1.12 bits per heavy atom. The fourth-order valence-electron chi connectivity index (χ4n) is 4.06. The van der Waals surface area contributed by atoms with Crippen molar-refractivity contribution in [1.82, 2.24) is 9.97 Å². The van der Waals surface area contributed by atoms with E-state index in [0.717, 1.165) is 37.1 Å². The van der Waals surface area contributed by atoms with Gasteiger partial charge in [-0.2, -0.15) is 0 Å². The zero-order valence-electron chi connectivity index (χ0n) is 13.9. The largest absolute Gasteiger partial charge is 0.345 e. The fourth-order valence-corrected chi connectivity index (χ4v) is 6.44. The highest BCUT2D eigenvalue weighted by molar-refractivity contribution is 7.19. The van der Waals surface area contributed by atoms with Crippen molar-refractivity contribution in [3.8, 4) is 0 Å². The van der Waals surface area contributed by atoms with Gasteiger partial charge in [0.05, 0.1) is 40.8 Å². The van der Waals surface area contributed by atoms with Crippen LogP contribution < -0.4 is 9.80 Å². The summed E-state index contributed by atoms with van der Waals surface area (Å²) in [6, 6.07) is 4.17. The number of aromatic nitrogens is 2. The Kier molecular flexibility index (Phi) is 4.16. The molecule has 0 saturated carbocycles. The van der Waals surface area contributed by atoms with Crippen molar-refractivity contribution in [3.05, 3.63) is 38.1 Å². The summed E-state index contributed by atoms with van der Waals surface area (Å²) < 4.78 is 0.891. The summed E-state index contributed by atoms with van der Waals surface area (Å²) >= 11 is 9.64. The van der Waals surface area contributed by atoms with Gasteiger partial charge >= 0.3 is 0 Å². The molecule has 25 heavy (non-hydrogen) atoms. The monoisotopic (exact) mass is 391 g/mol. The van der Waals surface area contributed by atoms with Gasteiger partial charge in [-0.3, -0.25) is 0 Å². The van der Waals surface area contributed by atoms with Gasteiger partial charge in [0.1, 0.15) is 23.5 Å². The average Bonchev–Trinajstić information content (AvgIpc) is 3.31. The van der Waals surface area contributed by atoms with Crippen LogP contribution in [-0.4, -0.2) is 36.1 Å². The van der Waals surface area contributed by atoms with Crippen molar-refractivity contribution in [3.63, 3.8) is 0 Å². The molecule has 0 radical (unpaired) electrons. The second kappa shape index (κ2) is 6.50. The van der Waals surface area contributed by atoms with Gasteiger partial charge in [0.25, 0.3) is 0 Å². The van der Waals surface area contributed by atoms with Gasteiger partial charge in [-0.15, -0.1) is 22.7 Å². The molecule has 1 aliphatic heterocycles. The maximum atomic E-state index is 6.06. The van der Waals surface area contributed by atoms with Gasteiger partial charge in [-0.05, 0) is 37.0 Å². The number of anilines is 1. The van der Waals surface area contributed by atoms with Gasteiger partial charge in [-0.1, -0.05) is 11.6 Å². The number of fused-ring (bicyclic) bond motifs is 3. The number of halogens is 1.